The average molecular weight is 188 g/mol. The van der Waals surface area contributed by atoms with E-state index in [4.69, 9.17) is 11.6 Å². The van der Waals surface area contributed by atoms with Gasteiger partial charge in [0.1, 0.15) is 0 Å². The van der Waals surface area contributed by atoms with Crippen molar-refractivity contribution in [3.8, 4) is 0 Å². The number of aromatic nitrogens is 1. The zero-order valence-corrected chi connectivity index (χ0v) is 7.95. The summed E-state index contributed by atoms with van der Waals surface area (Å²) in [5.74, 6) is 1.10. The Morgan fingerprint density at radius 2 is 2.45 bits per heavy atom. The van der Waals surface area contributed by atoms with Crippen LogP contribution in [-0.2, 0) is 0 Å². The second-order valence-electron chi connectivity index (χ2n) is 2.16. The minimum atomic E-state index is 0.763. The van der Waals surface area contributed by atoms with Crippen LogP contribution in [0.1, 0.15) is 13.3 Å². The Kier molecular flexibility index (Phi) is 3.73. The van der Waals surface area contributed by atoms with Crippen molar-refractivity contribution >= 4 is 23.4 Å². The van der Waals surface area contributed by atoms with Crippen molar-refractivity contribution in [2.24, 2.45) is 0 Å². The molecule has 1 nitrogen and oxygen atoms in total. The standard InChI is InChI=1S/C8H10ClNS/c1-2-5-11-8-6-7(9)3-4-10-8/h3-4,6H,2,5H2,1H3. The van der Waals surface area contributed by atoms with Crippen LogP contribution in [0.4, 0.5) is 0 Å². The number of pyridine rings is 1. The maximum absolute atomic E-state index is 5.77. The summed E-state index contributed by atoms with van der Waals surface area (Å²) in [6.07, 6.45) is 2.90. The fourth-order valence-corrected chi connectivity index (χ4v) is 1.65. The second-order valence-corrected chi connectivity index (χ2v) is 3.71. The van der Waals surface area contributed by atoms with E-state index in [0.717, 1.165) is 15.8 Å². The molecule has 1 rings (SSSR count). The van der Waals surface area contributed by atoms with Crippen LogP contribution in [-0.4, -0.2) is 10.7 Å². The van der Waals surface area contributed by atoms with Crippen LogP contribution >= 0.6 is 23.4 Å². The van der Waals surface area contributed by atoms with Gasteiger partial charge in [-0.3, -0.25) is 0 Å². The summed E-state index contributed by atoms with van der Waals surface area (Å²) in [4.78, 5) is 4.16. The molecule has 0 saturated heterocycles. The molecule has 0 aliphatic carbocycles. The Hall–Kier alpha value is -0.210. The molecular formula is C8H10ClNS. The van der Waals surface area contributed by atoms with Crippen LogP contribution in [0.3, 0.4) is 0 Å². The predicted octanol–water partition coefficient (Wildman–Crippen LogP) is 3.24. The van der Waals surface area contributed by atoms with E-state index in [2.05, 4.69) is 11.9 Å². The zero-order chi connectivity index (χ0) is 8.10. The third kappa shape index (κ3) is 3.12. The topological polar surface area (TPSA) is 12.9 Å². The van der Waals surface area contributed by atoms with E-state index < -0.39 is 0 Å². The summed E-state index contributed by atoms with van der Waals surface area (Å²) in [6, 6.07) is 3.68. The normalized spacial score (nSPS) is 10.0. The molecule has 0 aliphatic heterocycles. The summed E-state index contributed by atoms with van der Waals surface area (Å²) in [7, 11) is 0. The van der Waals surface area contributed by atoms with Crippen LogP contribution in [0.15, 0.2) is 23.4 Å². The summed E-state index contributed by atoms with van der Waals surface area (Å²) >= 11 is 7.51. The van der Waals surface area contributed by atoms with E-state index in [1.807, 2.05) is 6.07 Å². The molecule has 0 fully saturated rings. The molecule has 0 bridgehead atoms. The quantitative estimate of drug-likeness (QED) is 0.674. The molecular weight excluding hydrogens is 178 g/mol. The van der Waals surface area contributed by atoms with Gasteiger partial charge in [0.25, 0.3) is 0 Å². The van der Waals surface area contributed by atoms with Gasteiger partial charge in [0.2, 0.25) is 0 Å². The van der Waals surface area contributed by atoms with Gasteiger partial charge in [-0.15, -0.1) is 11.8 Å². The lowest BCUT2D eigenvalue weighted by molar-refractivity contribution is 1.08. The molecule has 11 heavy (non-hydrogen) atoms. The molecule has 1 aromatic heterocycles. The highest BCUT2D eigenvalue weighted by Crippen LogP contribution is 2.18. The van der Waals surface area contributed by atoms with E-state index in [9.17, 15) is 0 Å². The lowest BCUT2D eigenvalue weighted by Crippen LogP contribution is -1.80. The lowest BCUT2D eigenvalue weighted by atomic mass is 10.5. The Labute approximate surface area is 76.2 Å². The highest BCUT2D eigenvalue weighted by molar-refractivity contribution is 7.99. The minimum Gasteiger partial charge on any atom is -0.250 e. The Balaban J connectivity index is 2.56. The summed E-state index contributed by atoms with van der Waals surface area (Å²) < 4.78 is 0. The van der Waals surface area contributed by atoms with Gasteiger partial charge in [-0.1, -0.05) is 18.5 Å². The molecule has 0 radical (unpaired) electrons. The first-order valence-corrected chi connectivity index (χ1v) is 4.93. The Morgan fingerprint density at radius 1 is 1.64 bits per heavy atom. The van der Waals surface area contributed by atoms with E-state index in [0.29, 0.717) is 0 Å². The molecule has 1 aromatic rings. The van der Waals surface area contributed by atoms with Gasteiger partial charge in [-0.2, -0.15) is 0 Å². The molecule has 0 spiro atoms. The first-order valence-electron chi connectivity index (χ1n) is 3.57. The highest BCUT2D eigenvalue weighted by Gasteiger charge is 1.94. The molecule has 3 heteroatoms. The third-order valence-corrected chi connectivity index (χ3v) is 2.52. The van der Waals surface area contributed by atoms with Crippen molar-refractivity contribution in [2.45, 2.75) is 18.4 Å². The minimum absolute atomic E-state index is 0.763. The largest absolute Gasteiger partial charge is 0.250 e. The molecule has 1 heterocycles. The van der Waals surface area contributed by atoms with Crippen molar-refractivity contribution in [1.29, 1.82) is 0 Å². The number of hydrogen-bond donors (Lipinski definition) is 0. The van der Waals surface area contributed by atoms with Gasteiger partial charge in [0, 0.05) is 11.2 Å². The zero-order valence-electron chi connectivity index (χ0n) is 6.38. The molecule has 0 atom stereocenters. The number of rotatable bonds is 3. The van der Waals surface area contributed by atoms with E-state index in [1.165, 1.54) is 6.42 Å². The molecule has 0 aliphatic rings. The van der Waals surface area contributed by atoms with E-state index in [-0.39, 0.29) is 0 Å². The molecule has 0 unspecified atom stereocenters. The van der Waals surface area contributed by atoms with Crippen LogP contribution in [0.2, 0.25) is 5.02 Å². The number of halogens is 1. The fraction of sp³-hybridized carbons (Fsp3) is 0.375. The van der Waals surface area contributed by atoms with Crippen molar-refractivity contribution in [3.05, 3.63) is 23.4 Å². The predicted molar refractivity (Wildman–Crippen MR) is 50.3 cm³/mol. The van der Waals surface area contributed by atoms with Gasteiger partial charge >= 0.3 is 0 Å². The summed E-state index contributed by atoms with van der Waals surface area (Å²) in [6.45, 7) is 2.15. The smallest absolute Gasteiger partial charge is 0.0974 e. The monoisotopic (exact) mass is 187 g/mol. The molecule has 0 N–H and O–H groups in total. The van der Waals surface area contributed by atoms with Crippen LogP contribution in [0.5, 0.6) is 0 Å². The van der Waals surface area contributed by atoms with Gasteiger partial charge in [-0.05, 0) is 24.3 Å². The van der Waals surface area contributed by atoms with Crippen molar-refractivity contribution < 1.29 is 0 Å². The number of thioether (sulfide) groups is 1. The van der Waals surface area contributed by atoms with Crippen molar-refractivity contribution in [3.63, 3.8) is 0 Å². The Morgan fingerprint density at radius 3 is 3.09 bits per heavy atom. The molecule has 60 valence electrons. The molecule has 0 saturated carbocycles. The maximum atomic E-state index is 5.77. The number of nitrogens with zero attached hydrogens (tertiary/aromatic N) is 1. The third-order valence-electron chi connectivity index (χ3n) is 1.15. The first kappa shape index (κ1) is 8.88. The van der Waals surface area contributed by atoms with Crippen LogP contribution in [0.25, 0.3) is 0 Å². The maximum Gasteiger partial charge on any atom is 0.0974 e. The highest BCUT2D eigenvalue weighted by atomic mass is 35.5. The Bertz CT molecular complexity index is 227. The van der Waals surface area contributed by atoms with Gasteiger partial charge in [0.15, 0.2) is 0 Å². The van der Waals surface area contributed by atoms with E-state index >= 15 is 0 Å². The van der Waals surface area contributed by atoms with Crippen molar-refractivity contribution in [1.82, 2.24) is 4.98 Å². The second kappa shape index (κ2) is 4.62. The van der Waals surface area contributed by atoms with Gasteiger partial charge in [0.05, 0.1) is 5.03 Å². The summed E-state index contributed by atoms with van der Waals surface area (Å²) in [5.41, 5.74) is 0. The summed E-state index contributed by atoms with van der Waals surface area (Å²) in [5, 5.41) is 1.78. The number of hydrogen-bond acceptors (Lipinski definition) is 2. The lowest BCUT2D eigenvalue weighted by Gasteiger charge is -1.97. The SMILES string of the molecule is CCCSc1cc(Cl)ccn1. The van der Waals surface area contributed by atoms with Crippen molar-refractivity contribution in [2.75, 3.05) is 5.75 Å². The van der Waals surface area contributed by atoms with Gasteiger partial charge in [-0.25, -0.2) is 4.98 Å². The van der Waals surface area contributed by atoms with Gasteiger partial charge < -0.3 is 0 Å². The molecule has 0 amide bonds. The first-order chi connectivity index (χ1) is 5.33. The van der Waals surface area contributed by atoms with Crippen LogP contribution in [0, 0.1) is 0 Å². The average Bonchev–Trinajstić information content (AvgIpc) is 2.01. The fourth-order valence-electron chi connectivity index (χ4n) is 0.671. The molecule has 0 aromatic carbocycles. The van der Waals surface area contributed by atoms with E-state index in [1.54, 1.807) is 24.0 Å². The van der Waals surface area contributed by atoms with Crippen LogP contribution < -0.4 is 0 Å².